The predicted octanol–water partition coefficient (Wildman–Crippen LogP) is 3.43. The summed E-state index contributed by atoms with van der Waals surface area (Å²) in [5.74, 6) is -0.573. The van der Waals surface area contributed by atoms with E-state index in [1.54, 1.807) is 7.11 Å². The molecule has 1 aliphatic carbocycles. The highest BCUT2D eigenvalue weighted by atomic mass is 19.1. The molecule has 0 amide bonds. The number of hydrogen-bond donors (Lipinski definition) is 1. The minimum absolute atomic E-state index is 0.0495. The average Bonchev–Trinajstić information content (AvgIpc) is 3.19. The molecule has 1 aromatic rings. The minimum atomic E-state index is -0.545. The van der Waals surface area contributed by atoms with Gasteiger partial charge in [0.15, 0.2) is 0 Å². The lowest BCUT2D eigenvalue weighted by atomic mass is 9.97. The quantitative estimate of drug-likeness (QED) is 0.819. The lowest BCUT2D eigenvalue weighted by molar-refractivity contribution is 0.0495. The summed E-state index contributed by atoms with van der Waals surface area (Å²) < 4.78 is 32.5. The fraction of sp³-hybridized carbons (Fsp3) is 0.600. The molecule has 2 atom stereocenters. The molecule has 1 fully saturated rings. The minimum Gasteiger partial charge on any atom is -0.379 e. The standard InChI is InChI=1S/C15H21F2NO/c1-3-8-18-14(15(19-2)10-4-5-10)12-7-6-11(16)9-13(12)17/h6-7,9-10,14-15,18H,3-5,8H2,1-2H3. The van der Waals surface area contributed by atoms with Crippen molar-refractivity contribution >= 4 is 0 Å². The van der Waals surface area contributed by atoms with E-state index in [4.69, 9.17) is 4.74 Å². The first-order valence-corrected chi connectivity index (χ1v) is 6.88. The fourth-order valence-corrected chi connectivity index (χ4v) is 2.48. The molecule has 2 unspecified atom stereocenters. The summed E-state index contributed by atoms with van der Waals surface area (Å²) in [5.41, 5.74) is 0.494. The van der Waals surface area contributed by atoms with Crippen LogP contribution >= 0.6 is 0 Å². The number of hydrogen-bond acceptors (Lipinski definition) is 2. The predicted molar refractivity (Wildman–Crippen MR) is 70.9 cm³/mol. The number of nitrogens with one attached hydrogen (secondary N) is 1. The van der Waals surface area contributed by atoms with Gasteiger partial charge in [-0.25, -0.2) is 8.78 Å². The number of benzene rings is 1. The molecule has 0 heterocycles. The SMILES string of the molecule is CCCNC(c1ccc(F)cc1F)C(OC)C1CC1. The van der Waals surface area contributed by atoms with Gasteiger partial charge in [0.1, 0.15) is 11.6 Å². The summed E-state index contributed by atoms with van der Waals surface area (Å²) in [6, 6.07) is 3.55. The zero-order chi connectivity index (χ0) is 13.8. The number of halogens is 2. The highest BCUT2D eigenvalue weighted by Gasteiger charge is 2.38. The molecule has 2 rings (SSSR count). The summed E-state index contributed by atoms with van der Waals surface area (Å²) in [6.45, 7) is 2.85. The molecule has 0 radical (unpaired) electrons. The first kappa shape index (κ1) is 14.4. The van der Waals surface area contributed by atoms with Crippen LogP contribution in [0.25, 0.3) is 0 Å². The van der Waals surface area contributed by atoms with Crippen LogP contribution < -0.4 is 5.32 Å². The van der Waals surface area contributed by atoms with Crippen molar-refractivity contribution in [3.05, 3.63) is 35.4 Å². The van der Waals surface area contributed by atoms with E-state index >= 15 is 0 Å². The monoisotopic (exact) mass is 269 g/mol. The van der Waals surface area contributed by atoms with E-state index in [0.717, 1.165) is 31.9 Å². The maximum Gasteiger partial charge on any atom is 0.130 e. The largest absolute Gasteiger partial charge is 0.379 e. The van der Waals surface area contributed by atoms with E-state index in [-0.39, 0.29) is 12.1 Å². The summed E-state index contributed by atoms with van der Waals surface area (Å²) in [7, 11) is 1.66. The van der Waals surface area contributed by atoms with Crippen LogP contribution in [0.1, 0.15) is 37.8 Å². The van der Waals surface area contributed by atoms with Crippen molar-refractivity contribution in [1.82, 2.24) is 5.32 Å². The Morgan fingerprint density at radius 2 is 2.11 bits per heavy atom. The lowest BCUT2D eigenvalue weighted by Crippen LogP contribution is -2.35. The molecule has 0 aromatic heterocycles. The van der Waals surface area contributed by atoms with Crippen molar-refractivity contribution in [1.29, 1.82) is 0 Å². The van der Waals surface area contributed by atoms with E-state index in [0.29, 0.717) is 11.5 Å². The molecule has 2 nitrogen and oxygen atoms in total. The average molecular weight is 269 g/mol. The molecule has 0 bridgehead atoms. The number of rotatable bonds is 7. The molecule has 0 aliphatic heterocycles. The molecule has 19 heavy (non-hydrogen) atoms. The summed E-state index contributed by atoms with van der Waals surface area (Å²) >= 11 is 0. The van der Waals surface area contributed by atoms with E-state index in [1.165, 1.54) is 12.1 Å². The van der Waals surface area contributed by atoms with Crippen molar-refractivity contribution in [2.24, 2.45) is 5.92 Å². The summed E-state index contributed by atoms with van der Waals surface area (Å²) in [4.78, 5) is 0. The molecule has 4 heteroatoms. The Morgan fingerprint density at radius 3 is 2.63 bits per heavy atom. The van der Waals surface area contributed by atoms with Crippen molar-refractivity contribution in [2.75, 3.05) is 13.7 Å². The first-order chi connectivity index (χ1) is 9.17. The van der Waals surface area contributed by atoms with Gasteiger partial charge in [-0.1, -0.05) is 13.0 Å². The van der Waals surface area contributed by atoms with Gasteiger partial charge in [-0.05, 0) is 37.8 Å². The van der Waals surface area contributed by atoms with Crippen LogP contribution in [-0.4, -0.2) is 19.8 Å². The van der Waals surface area contributed by atoms with Crippen LogP contribution in [0, 0.1) is 17.6 Å². The third-order valence-corrected chi connectivity index (χ3v) is 3.60. The zero-order valence-corrected chi connectivity index (χ0v) is 11.5. The van der Waals surface area contributed by atoms with Gasteiger partial charge in [-0.15, -0.1) is 0 Å². The van der Waals surface area contributed by atoms with Gasteiger partial charge in [-0.3, -0.25) is 0 Å². The second-order valence-electron chi connectivity index (χ2n) is 5.14. The van der Waals surface area contributed by atoms with E-state index in [9.17, 15) is 8.78 Å². The first-order valence-electron chi connectivity index (χ1n) is 6.88. The molecule has 1 saturated carbocycles. The van der Waals surface area contributed by atoms with Crippen molar-refractivity contribution in [3.63, 3.8) is 0 Å². The topological polar surface area (TPSA) is 21.3 Å². The Hall–Kier alpha value is -1.00. The van der Waals surface area contributed by atoms with Crippen LogP contribution in [-0.2, 0) is 4.74 Å². The van der Waals surface area contributed by atoms with Crippen LogP contribution in [0.2, 0.25) is 0 Å². The van der Waals surface area contributed by atoms with Crippen LogP contribution in [0.5, 0.6) is 0 Å². The Labute approximate surface area is 113 Å². The normalized spacial score (nSPS) is 18.3. The van der Waals surface area contributed by atoms with Gasteiger partial charge in [0.05, 0.1) is 12.1 Å². The molecular formula is C15H21F2NO. The van der Waals surface area contributed by atoms with Gasteiger partial charge >= 0.3 is 0 Å². The molecular weight excluding hydrogens is 248 g/mol. The summed E-state index contributed by atoms with van der Waals surface area (Å²) in [5, 5.41) is 3.33. The Balaban J connectivity index is 2.24. The molecule has 0 saturated heterocycles. The smallest absolute Gasteiger partial charge is 0.130 e. The van der Waals surface area contributed by atoms with E-state index < -0.39 is 11.6 Å². The zero-order valence-electron chi connectivity index (χ0n) is 11.5. The second kappa shape index (κ2) is 6.44. The van der Waals surface area contributed by atoms with Crippen LogP contribution in [0.3, 0.4) is 0 Å². The lowest BCUT2D eigenvalue weighted by Gasteiger charge is -2.28. The maximum absolute atomic E-state index is 14.0. The molecule has 1 N–H and O–H groups in total. The van der Waals surface area contributed by atoms with Gasteiger partial charge in [0.2, 0.25) is 0 Å². The van der Waals surface area contributed by atoms with Crippen molar-refractivity contribution in [3.8, 4) is 0 Å². The van der Waals surface area contributed by atoms with Crippen LogP contribution in [0.4, 0.5) is 8.78 Å². The molecule has 0 spiro atoms. The highest BCUT2D eigenvalue weighted by molar-refractivity contribution is 5.24. The molecule has 1 aliphatic rings. The summed E-state index contributed by atoms with van der Waals surface area (Å²) in [6.07, 6.45) is 3.14. The number of methoxy groups -OCH3 is 1. The Morgan fingerprint density at radius 1 is 1.37 bits per heavy atom. The van der Waals surface area contributed by atoms with Gasteiger partial charge < -0.3 is 10.1 Å². The second-order valence-corrected chi connectivity index (χ2v) is 5.14. The highest BCUT2D eigenvalue weighted by Crippen LogP contribution is 2.40. The molecule has 106 valence electrons. The van der Waals surface area contributed by atoms with Gasteiger partial charge in [0, 0.05) is 18.7 Å². The molecule has 1 aromatic carbocycles. The van der Waals surface area contributed by atoms with Crippen molar-refractivity contribution in [2.45, 2.75) is 38.3 Å². The van der Waals surface area contributed by atoms with E-state index in [1.807, 2.05) is 0 Å². The Bertz CT molecular complexity index is 421. The van der Waals surface area contributed by atoms with Crippen molar-refractivity contribution < 1.29 is 13.5 Å². The third kappa shape index (κ3) is 3.51. The Kier molecular flexibility index (Phi) is 4.88. The van der Waals surface area contributed by atoms with E-state index in [2.05, 4.69) is 12.2 Å². The third-order valence-electron chi connectivity index (χ3n) is 3.60. The van der Waals surface area contributed by atoms with Gasteiger partial charge in [-0.2, -0.15) is 0 Å². The maximum atomic E-state index is 14.0. The fourth-order valence-electron chi connectivity index (χ4n) is 2.48. The number of ether oxygens (including phenoxy) is 1. The van der Waals surface area contributed by atoms with Gasteiger partial charge in [0.25, 0.3) is 0 Å². The van der Waals surface area contributed by atoms with Crippen LogP contribution in [0.15, 0.2) is 18.2 Å².